The molecule has 0 aromatic heterocycles. The van der Waals surface area contributed by atoms with Gasteiger partial charge in [-0.25, -0.2) is 0 Å². The smallest absolute Gasteiger partial charge is 0.0457 e. The van der Waals surface area contributed by atoms with Crippen LogP contribution in [0.1, 0.15) is 19.3 Å². The predicted molar refractivity (Wildman–Crippen MR) is 52.9 cm³/mol. The summed E-state index contributed by atoms with van der Waals surface area (Å²) in [6.07, 6.45) is 3.88. The fraction of sp³-hybridized carbons (Fsp3) is 1.00. The molecule has 0 N–H and O–H groups in total. The van der Waals surface area contributed by atoms with Gasteiger partial charge in [-0.2, -0.15) is 11.8 Å². The Balaban J connectivity index is 2.04. The molecule has 0 aromatic rings. The molecule has 0 spiro atoms. The predicted octanol–water partition coefficient (Wildman–Crippen LogP) is 3.12. The van der Waals surface area contributed by atoms with Gasteiger partial charge in [-0.3, -0.25) is 0 Å². The average Bonchev–Trinajstić information content (AvgIpc) is 2.05. The van der Waals surface area contributed by atoms with Gasteiger partial charge in [0.1, 0.15) is 0 Å². The summed E-state index contributed by atoms with van der Waals surface area (Å²) in [5, 5.41) is 1.83. The molecule has 3 rings (SSSR count). The molecule has 2 aliphatic heterocycles. The Bertz CT molecular complexity index is 151. The zero-order valence-electron chi connectivity index (χ0n) is 6.30. The van der Waals surface area contributed by atoms with Crippen molar-refractivity contribution in [2.24, 2.45) is 5.92 Å². The first-order valence-corrected chi connectivity index (χ1v) is 6.08. The van der Waals surface area contributed by atoms with E-state index in [2.05, 4.69) is 0 Å². The molecule has 0 aromatic carbocycles. The van der Waals surface area contributed by atoms with Gasteiger partial charge in [0.2, 0.25) is 0 Å². The van der Waals surface area contributed by atoms with Crippen molar-refractivity contribution in [3.63, 3.8) is 0 Å². The minimum atomic E-state index is 0.429. The highest BCUT2D eigenvalue weighted by Crippen LogP contribution is 2.48. The van der Waals surface area contributed by atoms with Gasteiger partial charge in [0, 0.05) is 21.8 Å². The standard InChI is InChI=1S/C8H12Cl2S/c9-4-8-5-1-2-7(11-8)6(10)3-5/h5-8H,1-4H2. The summed E-state index contributed by atoms with van der Waals surface area (Å²) < 4.78 is 0. The van der Waals surface area contributed by atoms with E-state index < -0.39 is 0 Å². The Morgan fingerprint density at radius 2 is 2.18 bits per heavy atom. The van der Waals surface area contributed by atoms with E-state index in [9.17, 15) is 0 Å². The van der Waals surface area contributed by atoms with E-state index in [4.69, 9.17) is 23.2 Å². The Morgan fingerprint density at radius 1 is 1.36 bits per heavy atom. The fourth-order valence-corrected chi connectivity index (χ4v) is 4.66. The number of thioether (sulfide) groups is 1. The number of alkyl halides is 2. The van der Waals surface area contributed by atoms with Crippen molar-refractivity contribution in [1.82, 2.24) is 0 Å². The summed E-state index contributed by atoms with van der Waals surface area (Å²) in [5.41, 5.74) is 0. The number of hydrogen-bond donors (Lipinski definition) is 0. The van der Waals surface area contributed by atoms with Gasteiger partial charge in [0.05, 0.1) is 0 Å². The monoisotopic (exact) mass is 210 g/mol. The van der Waals surface area contributed by atoms with Crippen LogP contribution in [0, 0.1) is 5.92 Å². The lowest BCUT2D eigenvalue weighted by Crippen LogP contribution is -2.41. The second-order valence-electron chi connectivity index (χ2n) is 3.46. The van der Waals surface area contributed by atoms with Crippen molar-refractivity contribution in [2.75, 3.05) is 5.88 Å². The van der Waals surface area contributed by atoms with Gasteiger partial charge >= 0.3 is 0 Å². The van der Waals surface area contributed by atoms with Crippen LogP contribution in [0.2, 0.25) is 0 Å². The number of fused-ring (bicyclic) bond motifs is 3. The Kier molecular flexibility index (Phi) is 2.60. The molecular weight excluding hydrogens is 199 g/mol. The van der Waals surface area contributed by atoms with Crippen LogP contribution in [0.5, 0.6) is 0 Å². The zero-order chi connectivity index (χ0) is 7.84. The maximum atomic E-state index is 6.17. The van der Waals surface area contributed by atoms with Crippen molar-refractivity contribution in [1.29, 1.82) is 0 Å². The first-order chi connectivity index (χ1) is 5.31. The minimum Gasteiger partial charge on any atom is -0.152 e. The molecule has 11 heavy (non-hydrogen) atoms. The van der Waals surface area contributed by atoms with E-state index in [0.29, 0.717) is 15.9 Å². The molecule has 4 atom stereocenters. The SMILES string of the molecule is ClCC1SC2CCC1CC2Cl. The highest BCUT2D eigenvalue weighted by Gasteiger charge is 2.40. The lowest BCUT2D eigenvalue weighted by molar-refractivity contribution is 0.347. The molecule has 3 heteroatoms. The number of halogens is 2. The van der Waals surface area contributed by atoms with Gasteiger partial charge in [-0.1, -0.05) is 0 Å². The highest BCUT2D eigenvalue weighted by atomic mass is 35.5. The van der Waals surface area contributed by atoms with Crippen molar-refractivity contribution in [3.8, 4) is 0 Å². The number of hydrogen-bond acceptors (Lipinski definition) is 1. The lowest BCUT2D eigenvalue weighted by Gasteiger charge is -2.44. The molecule has 2 bridgehead atoms. The van der Waals surface area contributed by atoms with Crippen LogP contribution in [-0.4, -0.2) is 21.8 Å². The largest absolute Gasteiger partial charge is 0.152 e. The van der Waals surface area contributed by atoms with Crippen LogP contribution in [0.25, 0.3) is 0 Å². The third-order valence-corrected chi connectivity index (χ3v) is 5.74. The summed E-state index contributed by atoms with van der Waals surface area (Å²) in [5.74, 6) is 1.63. The molecular formula is C8H12Cl2S. The van der Waals surface area contributed by atoms with Gasteiger partial charge in [0.15, 0.2) is 0 Å². The van der Waals surface area contributed by atoms with Crippen LogP contribution in [0.3, 0.4) is 0 Å². The topological polar surface area (TPSA) is 0 Å². The molecule has 1 saturated carbocycles. The third kappa shape index (κ3) is 1.52. The quantitative estimate of drug-likeness (QED) is 0.600. The summed E-state index contributed by atoms with van der Waals surface area (Å²) in [6, 6.07) is 0. The molecule has 1 aliphatic carbocycles. The summed E-state index contributed by atoms with van der Waals surface area (Å²) in [6.45, 7) is 0. The Labute approximate surface area is 82.0 Å². The molecule has 0 radical (unpaired) electrons. The molecule has 2 heterocycles. The molecule has 64 valence electrons. The minimum absolute atomic E-state index is 0.429. The third-order valence-electron chi connectivity index (χ3n) is 2.78. The molecule has 2 saturated heterocycles. The summed E-state index contributed by atoms with van der Waals surface area (Å²) in [4.78, 5) is 0. The van der Waals surface area contributed by atoms with E-state index in [0.717, 1.165) is 11.8 Å². The Hall–Kier alpha value is 0.930. The Morgan fingerprint density at radius 3 is 2.64 bits per heavy atom. The number of rotatable bonds is 1. The fourth-order valence-electron chi connectivity index (χ4n) is 2.11. The normalized spacial score (nSPS) is 49.6. The second kappa shape index (κ2) is 3.35. The van der Waals surface area contributed by atoms with Crippen molar-refractivity contribution in [2.45, 2.75) is 35.1 Å². The van der Waals surface area contributed by atoms with Crippen molar-refractivity contribution >= 4 is 35.0 Å². The van der Waals surface area contributed by atoms with Gasteiger partial charge in [-0.05, 0) is 25.2 Å². The summed E-state index contributed by atoms with van der Waals surface area (Å²) >= 11 is 14.1. The van der Waals surface area contributed by atoms with Crippen LogP contribution < -0.4 is 0 Å². The zero-order valence-corrected chi connectivity index (χ0v) is 8.63. The van der Waals surface area contributed by atoms with Crippen molar-refractivity contribution < 1.29 is 0 Å². The van der Waals surface area contributed by atoms with Crippen LogP contribution >= 0.6 is 35.0 Å². The molecule has 3 fully saturated rings. The van der Waals surface area contributed by atoms with Crippen molar-refractivity contribution in [3.05, 3.63) is 0 Å². The van der Waals surface area contributed by atoms with Crippen LogP contribution in [0.4, 0.5) is 0 Å². The molecule has 3 aliphatic rings. The van der Waals surface area contributed by atoms with Gasteiger partial charge in [0.25, 0.3) is 0 Å². The van der Waals surface area contributed by atoms with E-state index in [1.165, 1.54) is 19.3 Å². The first kappa shape index (κ1) is 8.52. The second-order valence-corrected chi connectivity index (χ2v) is 5.81. The van der Waals surface area contributed by atoms with Crippen LogP contribution in [0.15, 0.2) is 0 Å². The maximum Gasteiger partial charge on any atom is 0.0457 e. The average molecular weight is 211 g/mol. The lowest BCUT2D eigenvalue weighted by atomic mass is 9.85. The first-order valence-electron chi connectivity index (χ1n) is 4.16. The van der Waals surface area contributed by atoms with Gasteiger partial charge < -0.3 is 0 Å². The van der Waals surface area contributed by atoms with E-state index in [-0.39, 0.29) is 0 Å². The van der Waals surface area contributed by atoms with Gasteiger partial charge in [-0.15, -0.1) is 23.2 Å². The molecule has 0 nitrogen and oxygen atoms in total. The maximum absolute atomic E-state index is 6.17. The van der Waals surface area contributed by atoms with E-state index >= 15 is 0 Å². The highest BCUT2D eigenvalue weighted by molar-refractivity contribution is 8.00. The van der Waals surface area contributed by atoms with Crippen LogP contribution in [-0.2, 0) is 0 Å². The summed E-state index contributed by atoms with van der Waals surface area (Å²) in [7, 11) is 0. The van der Waals surface area contributed by atoms with E-state index in [1.54, 1.807) is 0 Å². The van der Waals surface area contributed by atoms with E-state index in [1.807, 2.05) is 11.8 Å². The molecule has 0 amide bonds. The molecule has 4 unspecified atom stereocenters.